The van der Waals surface area contributed by atoms with Crippen LogP contribution in [0.3, 0.4) is 0 Å². The molecule has 0 saturated carbocycles. The quantitative estimate of drug-likeness (QED) is 0.673. The van der Waals surface area contributed by atoms with Crippen LogP contribution in [0.4, 0.5) is 0 Å². The fourth-order valence-corrected chi connectivity index (χ4v) is 3.09. The maximum absolute atomic E-state index is 5.98. The van der Waals surface area contributed by atoms with Gasteiger partial charge in [0, 0.05) is 19.1 Å². The summed E-state index contributed by atoms with van der Waals surface area (Å²) in [6, 6.07) is 18.4. The fraction of sp³-hybridized carbons (Fsp3) is 0.188. The zero-order valence-electron chi connectivity index (χ0n) is 11.5. The summed E-state index contributed by atoms with van der Waals surface area (Å²) in [7, 11) is 3.68. The topological polar surface area (TPSA) is 24.4 Å². The molecule has 2 aromatic rings. The monoisotopic (exact) mass is 304 g/mol. The number of thioether (sulfide) groups is 1. The molecule has 0 saturated heterocycles. The number of nitrogens with one attached hydrogen (secondary N) is 1. The summed E-state index contributed by atoms with van der Waals surface area (Å²) in [5.74, 6) is 0. The molecule has 4 heteroatoms. The Morgan fingerprint density at radius 3 is 2.20 bits per heavy atom. The molecule has 0 aromatic heterocycles. The molecule has 2 rings (SSSR count). The number of amidine groups is 1. The molecule has 0 bridgehead atoms. The highest BCUT2D eigenvalue weighted by Gasteiger charge is 2.17. The molecule has 20 heavy (non-hydrogen) atoms. The largest absolute Gasteiger partial charge is 0.368 e. The fourth-order valence-electron chi connectivity index (χ4n) is 1.93. The van der Waals surface area contributed by atoms with E-state index >= 15 is 0 Å². The van der Waals surface area contributed by atoms with Crippen molar-refractivity contribution < 1.29 is 0 Å². The highest BCUT2D eigenvalue weighted by atomic mass is 35.5. The number of rotatable bonds is 3. The molecule has 1 N–H and O–H groups in total. The first kappa shape index (κ1) is 14.9. The van der Waals surface area contributed by atoms with E-state index in [0.717, 1.165) is 10.2 Å². The summed E-state index contributed by atoms with van der Waals surface area (Å²) in [6.45, 7) is 0. The first-order valence-corrected chi connectivity index (χ1v) is 7.62. The van der Waals surface area contributed by atoms with E-state index in [1.54, 1.807) is 18.8 Å². The molecule has 0 spiro atoms. The van der Waals surface area contributed by atoms with Crippen LogP contribution in [-0.4, -0.2) is 19.3 Å². The Hall–Kier alpha value is -1.45. The van der Waals surface area contributed by atoms with Gasteiger partial charge >= 0.3 is 0 Å². The maximum Gasteiger partial charge on any atom is 0.156 e. The van der Waals surface area contributed by atoms with E-state index in [4.69, 9.17) is 11.6 Å². The summed E-state index contributed by atoms with van der Waals surface area (Å²) in [5, 5.41) is 4.98. The van der Waals surface area contributed by atoms with Crippen LogP contribution in [0.25, 0.3) is 0 Å². The highest BCUT2D eigenvalue weighted by Crippen LogP contribution is 2.36. The van der Waals surface area contributed by atoms with Gasteiger partial charge in [-0.2, -0.15) is 0 Å². The minimum atomic E-state index is 0.194. The second-order valence-corrected chi connectivity index (χ2v) is 5.77. The van der Waals surface area contributed by atoms with Crippen LogP contribution < -0.4 is 5.32 Å². The Morgan fingerprint density at radius 2 is 1.65 bits per heavy atom. The first-order chi connectivity index (χ1) is 9.74. The van der Waals surface area contributed by atoms with E-state index in [2.05, 4.69) is 46.7 Å². The van der Waals surface area contributed by atoms with E-state index in [1.807, 2.05) is 25.2 Å². The smallest absolute Gasteiger partial charge is 0.156 e. The lowest BCUT2D eigenvalue weighted by molar-refractivity contribution is 1.15. The number of aliphatic imine (C=N–C) groups is 1. The van der Waals surface area contributed by atoms with Crippen molar-refractivity contribution in [2.75, 3.05) is 14.1 Å². The molecule has 0 aliphatic rings. The summed E-state index contributed by atoms with van der Waals surface area (Å²) in [5.41, 5.74) is 2.46. The van der Waals surface area contributed by atoms with Crippen LogP contribution in [-0.2, 0) is 0 Å². The molecule has 2 nitrogen and oxygen atoms in total. The van der Waals surface area contributed by atoms with Gasteiger partial charge in [0.1, 0.15) is 0 Å². The third-order valence-corrected chi connectivity index (χ3v) is 4.56. The zero-order chi connectivity index (χ0) is 14.4. The van der Waals surface area contributed by atoms with Gasteiger partial charge in [0.2, 0.25) is 0 Å². The van der Waals surface area contributed by atoms with Crippen LogP contribution in [0.1, 0.15) is 16.4 Å². The summed E-state index contributed by atoms with van der Waals surface area (Å²) >= 11 is 7.68. The van der Waals surface area contributed by atoms with Gasteiger partial charge < -0.3 is 5.32 Å². The van der Waals surface area contributed by atoms with Gasteiger partial charge in [-0.15, -0.1) is 0 Å². The minimum Gasteiger partial charge on any atom is -0.368 e. The van der Waals surface area contributed by atoms with Crippen LogP contribution >= 0.6 is 23.4 Å². The van der Waals surface area contributed by atoms with Crippen molar-refractivity contribution in [1.82, 2.24) is 5.32 Å². The summed E-state index contributed by atoms with van der Waals surface area (Å²) in [6.07, 6.45) is 0. The summed E-state index contributed by atoms with van der Waals surface area (Å²) < 4.78 is 0. The van der Waals surface area contributed by atoms with Gasteiger partial charge in [0.25, 0.3) is 0 Å². The van der Waals surface area contributed by atoms with Crippen LogP contribution in [0.2, 0.25) is 5.02 Å². The SMILES string of the molecule is CN=C(NC)S[C@@H](c1ccccc1)c1ccc(Cl)cc1. The van der Waals surface area contributed by atoms with E-state index in [1.165, 1.54) is 11.1 Å². The number of halogens is 1. The van der Waals surface area contributed by atoms with E-state index in [-0.39, 0.29) is 5.25 Å². The normalized spacial score (nSPS) is 13.1. The molecule has 0 heterocycles. The van der Waals surface area contributed by atoms with E-state index in [0.29, 0.717) is 0 Å². The van der Waals surface area contributed by atoms with Gasteiger partial charge in [-0.3, -0.25) is 4.99 Å². The number of benzene rings is 2. The second kappa shape index (κ2) is 7.36. The van der Waals surface area contributed by atoms with Crippen molar-refractivity contribution in [2.24, 2.45) is 4.99 Å². The van der Waals surface area contributed by atoms with Gasteiger partial charge in [-0.25, -0.2) is 0 Å². The average molecular weight is 305 g/mol. The third kappa shape index (κ3) is 3.78. The Morgan fingerprint density at radius 1 is 1.05 bits per heavy atom. The number of hydrogen-bond donors (Lipinski definition) is 1. The van der Waals surface area contributed by atoms with E-state index in [9.17, 15) is 0 Å². The molecule has 0 aliphatic carbocycles. The van der Waals surface area contributed by atoms with Gasteiger partial charge in [0.05, 0.1) is 5.25 Å². The predicted octanol–water partition coefficient (Wildman–Crippen LogP) is 4.37. The molecule has 2 aromatic carbocycles. The van der Waals surface area contributed by atoms with Gasteiger partial charge in [-0.1, -0.05) is 65.8 Å². The van der Waals surface area contributed by atoms with Crippen LogP contribution in [0.15, 0.2) is 59.6 Å². The third-order valence-electron chi connectivity index (χ3n) is 2.92. The van der Waals surface area contributed by atoms with Crippen LogP contribution in [0, 0.1) is 0 Å². The Bertz CT molecular complexity index is 567. The van der Waals surface area contributed by atoms with Gasteiger partial charge in [-0.05, 0) is 23.3 Å². The molecular weight excluding hydrogens is 288 g/mol. The van der Waals surface area contributed by atoms with Gasteiger partial charge in [0.15, 0.2) is 5.17 Å². The molecule has 1 atom stereocenters. The van der Waals surface area contributed by atoms with Crippen LogP contribution in [0.5, 0.6) is 0 Å². The Kier molecular flexibility index (Phi) is 5.50. The molecule has 0 radical (unpaired) electrons. The molecular formula is C16H17ClN2S. The standard InChI is InChI=1S/C16H17ClN2S/c1-18-16(19-2)20-15(12-6-4-3-5-7-12)13-8-10-14(17)11-9-13/h3-11,15H,1-2H3,(H,18,19)/t15-/m0/s1. The lowest BCUT2D eigenvalue weighted by atomic mass is 10.0. The molecule has 104 valence electrons. The Labute approximate surface area is 129 Å². The van der Waals surface area contributed by atoms with Crippen molar-refractivity contribution in [3.8, 4) is 0 Å². The molecule has 0 unspecified atom stereocenters. The highest BCUT2D eigenvalue weighted by molar-refractivity contribution is 8.14. The van der Waals surface area contributed by atoms with Crippen molar-refractivity contribution in [2.45, 2.75) is 5.25 Å². The average Bonchev–Trinajstić information content (AvgIpc) is 2.51. The van der Waals surface area contributed by atoms with Crippen molar-refractivity contribution in [1.29, 1.82) is 0 Å². The second-order valence-electron chi connectivity index (χ2n) is 4.24. The summed E-state index contributed by atoms with van der Waals surface area (Å²) in [4.78, 5) is 4.26. The number of nitrogens with zero attached hydrogens (tertiary/aromatic N) is 1. The van der Waals surface area contributed by atoms with Crippen molar-refractivity contribution in [3.63, 3.8) is 0 Å². The molecule has 0 amide bonds. The minimum absolute atomic E-state index is 0.194. The molecule has 0 aliphatic heterocycles. The zero-order valence-corrected chi connectivity index (χ0v) is 13.1. The van der Waals surface area contributed by atoms with Crippen molar-refractivity contribution >= 4 is 28.5 Å². The lowest BCUT2D eigenvalue weighted by Gasteiger charge is -2.18. The van der Waals surface area contributed by atoms with Crippen molar-refractivity contribution in [3.05, 3.63) is 70.7 Å². The number of hydrogen-bond acceptors (Lipinski definition) is 2. The molecule has 0 fully saturated rings. The maximum atomic E-state index is 5.98. The first-order valence-electron chi connectivity index (χ1n) is 6.36. The predicted molar refractivity (Wildman–Crippen MR) is 89.7 cm³/mol. The Balaban J connectivity index is 2.36. The lowest BCUT2D eigenvalue weighted by Crippen LogP contribution is -2.16. The van der Waals surface area contributed by atoms with E-state index < -0.39 is 0 Å².